The molecule has 1 unspecified atom stereocenters. The molecule has 0 radical (unpaired) electrons. The van der Waals surface area contributed by atoms with Gasteiger partial charge in [0.15, 0.2) is 0 Å². The summed E-state index contributed by atoms with van der Waals surface area (Å²) >= 11 is 12.0. The van der Waals surface area contributed by atoms with Gasteiger partial charge in [-0.25, -0.2) is 0 Å². The van der Waals surface area contributed by atoms with E-state index in [1.807, 2.05) is 12.1 Å². The fourth-order valence-corrected chi connectivity index (χ4v) is 3.06. The fourth-order valence-electron chi connectivity index (χ4n) is 2.73. The van der Waals surface area contributed by atoms with Gasteiger partial charge in [-0.3, -0.25) is 0 Å². The van der Waals surface area contributed by atoms with Crippen LogP contribution >= 0.6 is 23.2 Å². The highest BCUT2D eigenvalue weighted by molar-refractivity contribution is 6.42. The van der Waals surface area contributed by atoms with Crippen molar-refractivity contribution < 1.29 is 0 Å². The SMILES string of the molecule is C.CC(CCc1ccc(C(C)C)cc1)CCc1ccc(Cl)c(Cl)c1. The molecule has 2 aromatic rings. The Morgan fingerprint density at radius 1 is 0.750 bits per heavy atom. The molecule has 0 saturated heterocycles. The van der Waals surface area contributed by atoms with Crippen LogP contribution in [0.25, 0.3) is 0 Å². The molecule has 2 aromatic carbocycles. The van der Waals surface area contributed by atoms with E-state index >= 15 is 0 Å². The van der Waals surface area contributed by atoms with Gasteiger partial charge in [0.05, 0.1) is 10.0 Å². The lowest BCUT2D eigenvalue weighted by molar-refractivity contribution is 0.493. The van der Waals surface area contributed by atoms with Crippen LogP contribution in [0.15, 0.2) is 42.5 Å². The highest BCUT2D eigenvalue weighted by Gasteiger charge is 2.06. The molecular formula is C22H30Cl2. The van der Waals surface area contributed by atoms with Gasteiger partial charge in [0, 0.05) is 0 Å². The second kappa shape index (κ2) is 10.1. The van der Waals surface area contributed by atoms with Crippen molar-refractivity contribution in [1.29, 1.82) is 0 Å². The minimum absolute atomic E-state index is 0. The van der Waals surface area contributed by atoms with E-state index in [0.29, 0.717) is 21.9 Å². The van der Waals surface area contributed by atoms with Gasteiger partial charge in [0.2, 0.25) is 0 Å². The molecule has 0 N–H and O–H groups in total. The van der Waals surface area contributed by atoms with Gasteiger partial charge in [-0.15, -0.1) is 0 Å². The maximum absolute atomic E-state index is 6.07. The third kappa shape index (κ3) is 6.49. The van der Waals surface area contributed by atoms with Crippen LogP contribution in [0.5, 0.6) is 0 Å². The van der Waals surface area contributed by atoms with E-state index in [1.54, 1.807) is 0 Å². The average molecular weight is 365 g/mol. The Morgan fingerprint density at radius 3 is 1.83 bits per heavy atom. The molecule has 0 nitrogen and oxygen atoms in total. The number of hydrogen-bond acceptors (Lipinski definition) is 0. The maximum Gasteiger partial charge on any atom is 0.0595 e. The van der Waals surface area contributed by atoms with Crippen LogP contribution in [0.4, 0.5) is 0 Å². The molecule has 2 rings (SSSR count). The van der Waals surface area contributed by atoms with Crippen molar-refractivity contribution in [3.8, 4) is 0 Å². The van der Waals surface area contributed by atoms with Crippen LogP contribution in [0.1, 0.15) is 63.6 Å². The number of aryl methyl sites for hydroxylation is 2. The lowest BCUT2D eigenvalue weighted by Crippen LogP contribution is -2.00. The molecule has 0 bridgehead atoms. The first kappa shape index (κ1) is 21.1. The summed E-state index contributed by atoms with van der Waals surface area (Å²) in [5.41, 5.74) is 4.13. The second-order valence-electron chi connectivity index (χ2n) is 6.83. The van der Waals surface area contributed by atoms with Gasteiger partial charge in [-0.2, -0.15) is 0 Å². The van der Waals surface area contributed by atoms with Crippen molar-refractivity contribution in [3.05, 3.63) is 69.2 Å². The van der Waals surface area contributed by atoms with Crippen molar-refractivity contribution in [2.75, 3.05) is 0 Å². The van der Waals surface area contributed by atoms with Crippen molar-refractivity contribution in [2.24, 2.45) is 5.92 Å². The van der Waals surface area contributed by atoms with Crippen molar-refractivity contribution in [1.82, 2.24) is 0 Å². The molecular weight excluding hydrogens is 335 g/mol. The minimum atomic E-state index is 0. The lowest BCUT2D eigenvalue weighted by atomic mass is 9.94. The Balaban J connectivity index is 0.00000288. The standard InChI is InChI=1S/C21H26Cl2.CH4/c1-15(2)19-11-8-17(9-12-19)6-4-16(3)5-7-18-10-13-20(22)21(23)14-18;/h8-16H,4-7H2,1-3H3;1H4. The Hall–Kier alpha value is -0.980. The van der Waals surface area contributed by atoms with Crippen molar-refractivity contribution in [3.63, 3.8) is 0 Å². The normalized spacial score (nSPS) is 12.1. The third-order valence-corrected chi connectivity index (χ3v) is 5.22. The summed E-state index contributed by atoms with van der Waals surface area (Å²) in [4.78, 5) is 0. The van der Waals surface area contributed by atoms with E-state index in [0.717, 1.165) is 12.8 Å². The summed E-state index contributed by atoms with van der Waals surface area (Å²) in [6.45, 7) is 6.81. The van der Waals surface area contributed by atoms with Gasteiger partial charge in [-0.05, 0) is 66.3 Å². The zero-order valence-electron chi connectivity index (χ0n) is 14.3. The van der Waals surface area contributed by atoms with E-state index in [1.165, 1.54) is 29.5 Å². The molecule has 0 spiro atoms. The topological polar surface area (TPSA) is 0 Å². The van der Waals surface area contributed by atoms with Gasteiger partial charge in [0.1, 0.15) is 0 Å². The first-order chi connectivity index (χ1) is 11.0. The van der Waals surface area contributed by atoms with E-state index in [9.17, 15) is 0 Å². The summed E-state index contributed by atoms with van der Waals surface area (Å²) in [6, 6.07) is 15.0. The first-order valence-corrected chi connectivity index (χ1v) is 9.24. The molecule has 0 fully saturated rings. The molecule has 0 aliphatic heterocycles. The van der Waals surface area contributed by atoms with Crippen LogP contribution in [0.3, 0.4) is 0 Å². The smallest absolute Gasteiger partial charge is 0.0595 e. The summed E-state index contributed by atoms with van der Waals surface area (Å²) in [7, 11) is 0. The van der Waals surface area contributed by atoms with Crippen LogP contribution in [-0.4, -0.2) is 0 Å². The van der Waals surface area contributed by atoms with Crippen LogP contribution in [-0.2, 0) is 12.8 Å². The Bertz CT molecular complexity index is 614. The molecule has 0 amide bonds. The zero-order chi connectivity index (χ0) is 16.8. The predicted octanol–water partition coefficient (Wildman–Crippen LogP) is 7.95. The fraction of sp³-hybridized carbons (Fsp3) is 0.455. The zero-order valence-corrected chi connectivity index (χ0v) is 15.8. The third-order valence-electron chi connectivity index (χ3n) is 4.48. The van der Waals surface area contributed by atoms with Crippen LogP contribution in [0, 0.1) is 5.92 Å². The highest BCUT2D eigenvalue weighted by Crippen LogP contribution is 2.24. The summed E-state index contributed by atoms with van der Waals surface area (Å²) < 4.78 is 0. The first-order valence-electron chi connectivity index (χ1n) is 8.48. The largest absolute Gasteiger partial charge is 0.0827 e. The quantitative estimate of drug-likeness (QED) is 0.467. The molecule has 2 heteroatoms. The molecule has 1 atom stereocenters. The Kier molecular flexibility index (Phi) is 8.87. The van der Waals surface area contributed by atoms with E-state index < -0.39 is 0 Å². The summed E-state index contributed by atoms with van der Waals surface area (Å²) in [6.07, 6.45) is 4.62. The summed E-state index contributed by atoms with van der Waals surface area (Å²) in [5, 5.41) is 1.29. The van der Waals surface area contributed by atoms with Gasteiger partial charge >= 0.3 is 0 Å². The molecule has 132 valence electrons. The van der Waals surface area contributed by atoms with Crippen molar-refractivity contribution in [2.45, 2.75) is 59.8 Å². The van der Waals surface area contributed by atoms with Crippen molar-refractivity contribution >= 4 is 23.2 Å². The second-order valence-corrected chi connectivity index (χ2v) is 7.64. The number of halogens is 2. The maximum atomic E-state index is 6.07. The number of rotatable bonds is 7. The monoisotopic (exact) mass is 364 g/mol. The number of benzene rings is 2. The Labute approximate surface area is 158 Å². The number of hydrogen-bond donors (Lipinski definition) is 0. The van der Waals surface area contributed by atoms with Gasteiger partial charge < -0.3 is 0 Å². The molecule has 24 heavy (non-hydrogen) atoms. The van der Waals surface area contributed by atoms with Gasteiger partial charge in [0.25, 0.3) is 0 Å². The predicted molar refractivity (Wildman–Crippen MR) is 110 cm³/mol. The van der Waals surface area contributed by atoms with Crippen LogP contribution < -0.4 is 0 Å². The molecule has 0 heterocycles. The van der Waals surface area contributed by atoms with E-state index in [4.69, 9.17) is 23.2 Å². The average Bonchev–Trinajstić information content (AvgIpc) is 2.54. The molecule has 0 aliphatic carbocycles. The molecule has 0 aromatic heterocycles. The van der Waals surface area contributed by atoms with E-state index in [2.05, 4.69) is 51.1 Å². The summed E-state index contributed by atoms with van der Waals surface area (Å²) in [5.74, 6) is 1.31. The molecule has 0 saturated carbocycles. The van der Waals surface area contributed by atoms with E-state index in [-0.39, 0.29) is 7.43 Å². The van der Waals surface area contributed by atoms with Gasteiger partial charge in [-0.1, -0.05) is 81.7 Å². The molecule has 0 aliphatic rings. The van der Waals surface area contributed by atoms with Crippen LogP contribution in [0.2, 0.25) is 10.0 Å². The highest BCUT2D eigenvalue weighted by atomic mass is 35.5. The Morgan fingerprint density at radius 2 is 1.29 bits per heavy atom. The lowest BCUT2D eigenvalue weighted by Gasteiger charge is -2.12. The minimum Gasteiger partial charge on any atom is -0.0827 e.